The molecular formula is C20H26N8O. The first-order valence-electron chi connectivity index (χ1n) is 9.97. The second-order valence-corrected chi connectivity index (χ2v) is 7.40. The smallest absolute Gasteiger partial charge is 0.273 e. The predicted molar refractivity (Wildman–Crippen MR) is 113 cm³/mol. The largest absolute Gasteiger partial charge is 0.364 e. The number of benzene rings is 1. The molecule has 0 aliphatic heterocycles. The predicted octanol–water partition coefficient (Wildman–Crippen LogP) is 2.37. The zero-order valence-corrected chi connectivity index (χ0v) is 16.4. The number of hydrogen-bond acceptors (Lipinski definition) is 7. The van der Waals surface area contributed by atoms with Crippen LogP contribution in [0.1, 0.15) is 43.1 Å². The minimum absolute atomic E-state index is 0.00513. The van der Waals surface area contributed by atoms with Gasteiger partial charge in [-0.25, -0.2) is 0 Å². The van der Waals surface area contributed by atoms with Crippen molar-refractivity contribution in [2.75, 3.05) is 10.6 Å². The van der Waals surface area contributed by atoms with Crippen LogP contribution in [0.4, 0.5) is 17.5 Å². The molecule has 0 bridgehead atoms. The van der Waals surface area contributed by atoms with Crippen LogP contribution in [-0.2, 0) is 6.54 Å². The quantitative estimate of drug-likeness (QED) is 0.504. The number of nitrogens with one attached hydrogen (secondary N) is 2. The van der Waals surface area contributed by atoms with Crippen molar-refractivity contribution in [2.24, 2.45) is 11.5 Å². The molecule has 0 radical (unpaired) electrons. The zero-order valence-electron chi connectivity index (χ0n) is 16.4. The Morgan fingerprint density at radius 3 is 2.83 bits per heavy atom. The Balaban J connectivity index is 1.63. The fraction of sp³-hybridized carbons (Fsp3) is 0.400. The lowest BCUT2D eigenvalue weighted by atomic mass is 9.91. The van der Waals surface area contributed by atoms with Crippen LogP contribution in [-0.4, -0.2) is 37.7 Å². The minimum atomic E-state index is -0.688. The highest BCUT2D eigenvalue weighted by Gasteiger charge is 2.23. The lowest BCUT2D eigenvalue weighted by Crippen LogP contribution is -2.43. The van der Waals surface area contributed by atoms with Crippen molar-refractivity contribution < 1.29 is 4.79 Å². The summed E-state index contributed by atoms with van der Waals surface area (Å²) < 4.78 is 2.14. The van der Waals surface area contributed by atoms with E-state index in [0.29, 0.717) is 5.95 Å². The topological polar surface area (TPSA) is 137 Å². The molecule has 9 heteroatoms. The summed E-state index contributed by atoms with van der Waals surface area (Å²) in [7, 11) is 0. The average molecular weight is 394 g/mol. The van der Waals surface area contributed by atoms with Crippen molar-refractivity contribution in [1.82, 2.24) is 19.7 Å². The van der Waals surface area contributed by atoms with Crippen LogP contribution in [0, 0.1) is 0 Å². The van der Waals surface area contributed by atoms with Crippen LogP contribution < -0.4 is 22.1 Å². The van der Waals surface area contributed by atoms with Crippen molar-refractivity contribution in [3.63, 3.8) is 0 Å². The number of anilines is 3. The maximum atomic E-state index is 11.8. The molecular weight excluding hydrogens is 368 g/mol. The van der Waals surface area contributed by atoms with Crippen molar-refractivity contribution >= 4 is 34.3 Å². The van der Waals surface area contributed by atoms with Crippen LogP contribution in [0.25, 0.3) is 10.9 Å². The van der Waals surface area contributed by atoms with Crippen LogP contribution >= 0.6 is 0 Å². The summed E-state index contributed by atoms with van der Waals surface area (Å²) in [6, 6.07) is 8.16. The van der Waals surface area contributed by atoms with Crippen LogP contribution in [0.15, 0.2) is 30.5 Å². The summed E-state index contributed by atoms with van der Waals surface area (Å²) >= 11 is 0. The van der Waals surface area contributed by atoms with Gasteiger partial charge in [0.15, 0.2) is 11.5 Å². The van der Waals surface area contributed by atoms with E-state index in [1.165, 1.54) is 0 Å². The van der Waals surface area contributed by atoms with Gasteiger partial charge in [-0.1, -0.05) is 18.9 Å². The zero-order chi connectivity index (χ0) is 20.4. The molecule has 2 atom stereocenters. The molecule has 0 saturated heterocycles. The van der Waals surface area contributed by atoms with Crippen molar-refractivity contribution in [3.8, 4) is 0 Å². The van der Waals surface area contributed by atoms with Gasteiger partial charge < -0.3 is 26.7 Å². The van der Waals surface area contributed by atoms with Crippen LogP contribution in [0.2, 0.25) is 0 Å². The van der Waals surface area contributed by atoms with Gasteiger partial charge in [-0.05, 0) is 43.4 Å². The van der Waals surface area contributed by atoms with Crippen LogP contribution in [0.3, 0.4) is 0 Å². The van der Waals surface area contributed by atoms with E-state index in [2.05, 4.69) is 43.4 Å². The molecule has 1 aliphatic carbocycles. The molecule has 3 aromatic rings. The van der Waals surface area contributed by atoms with E-state index in [4.69, 9.17) is 11.5 Å². The number of nitrogens with two attached hydrogens (primary N) is 2. The van der Waals surface area contributed by atoms with Crippen molar-refractivity contribution in [1.29, 1.82) is 0 Å². The Morgan fingerprint density at radius 1 is 1.24 bits per heavy atom. The van der Waals surface area contributed by atoms with Gasteiger partial charge in [-0.15, -0.1) is 10.2 Å². The summed E-state index contributed by atoms with van der Waals surface area (Å²) in [5.41, 5.74) is 13.6. The summed E-state index contributed by atoms with van der Waals surface area (Å²) in [6.45, 7) is 2.96. The van der Waals surface area contributed by atoms with E-state index in [1.54, 1.807) is 0 Å². The highest BCUT2D eigenvalue weighted by Crippen LogP contribution is 2.25. The summed E-state index contributed by atoms with van der Waals surface area (Å²) in [6.07, 6.45) is 6.21. The Hall–Kier alpha value is -3.20. The molecule has 2 aromatic heterocycles. The van der Waals surface area contributed by atoms with E-state index >= 15 is 0 Å². The fourth-order valence-corrected chi connectivity index (χ4v) is 3.82. The molecule has 29 heavy (non-hydrogen) atoms. The number of carbonyl (C=O) groups excluding carboxylic acids is 1. The summed E-state index contributed by atoms with van der Waals surface area (Å²) in [4.78, 5) is 16.3. The van der Waals surface area contributed by atoms with E-state index in [-0.39, 0.29) is 23.6 Å². The molecule has 1 saturated carbocycles. The van der Waals surface area contributed by atoms with Gasteiger partial charge in [-0.2, -0.15) is 4.98 Å². The third-order valence-electron chi connectivity index (χ3n) is 5.43. The SMILES string of the molecule is CCn1ccc2ccc(Nc3nc(N[C@@H]4CCCC[C@@H]4N)nnc3C(N)=O)cc21. The Bertz CT molecular complexity index is 1030. The lowest BCUT2D eigenvalue weighted by Gasteiger charge is -2.29. The van der Waals surface area contributed by atoms with Gasteiger partial charge in [-0.3, -0.25) is 4.79 Å². The number of hydrogen-bond donors (Lipinski definition) is 4. The third kappa shape index (κ3) is 4.00. The number of nitrogens with zero attached hydrogens (tertiary/aromatic N) is 4. The highest BCUT2D eigenvalue weighted by molar-refractivity contribution is 5.96. The molecule has 0 unspecified atom stereocenters. The standard InChI is InChI=1S/C20H26N8O/c1-2-28-10-9-12-7-8-13(11-16(12)28)23-19-17(18(22)29)26-27-20(25-19)24-15-6-4-3-5-14(15)21/h7-11,14-15H,2-6,21H2,1H3,(H2,22,29)(H2,23,24,25,27)/t14-,15+/m0/s1. The molecule has 9 nitrogen and oxygen atoms in total. The molecule has 152 valence electrons. The lowest BCUT2D eigenvalue weighted by molar-refractivity contribution is 0.0995. The van der Waals surface area contributed by atoms with E-state index in [1.807, 2.05) is 24.4 Å². The van der Waals surface area contributed by atoms with Crippen molar-refractivity contribution in [2.45, 2.75) is 51.2 Å². The summed E-state index contributed by atoms with van der Waals surface area (Å²) in [5, 5.41) is 15.6. The van der Waals surface area contributed by atoms with E-state index in [0.717, 1.165) is 48.8 Å². The molecule has 4 rings (SSSR count). The fourth-order valence-electron chi connectivity index (χ4n) is 3.82. The third-order valence-corrected chi connectivity index (χ3v) is 5.43. The number of amides is 1. The summed E-state index contributed by atoms with van der Waals surface area (Å²) in [5.74, 6) is -0.0855. The van der Waals surface area contributed by atoms with E-state index in [9.17, 15) is 4.79 Å². The Morgan fingerprint density at radius 2 is 2.07 bits per heavy atom. The average Bonchev–Trinajstić information content (AvgIpc) is 3.12. The molecule has 0 spiro atoms. The number of primary amides is 1. The monoisotopic (exact) mass is 394 g/mol. The van der Waals surface area contributed by atoms with Gasteiger partial charge in [0.25, 0.3) is 5.91 Å². The number of aryl methyl sites for hydroxylation is 1. The van der Waals surface area contributed by atoms with E-state index < -0.39 is 5.91 Å². The van der Waals surface area contributed by atoms with Crippen LogP contribution in [0.5, 0.6) is 0 Å². The Kier molecular flexibility index (Phi) is 5.30. The second kappa shape index (κ2) is 8.04. The number of rotatable bonds is 6. The molecule has 2 heterocycles. The first kappa shape index (κ1) is 19.1. The maximum Gasteiger partial charge on any atom is 0.273 e. The normalized spacial score (nSPS) is 19.2. The minimum Gasteiger partial charge on any atom is -0.364 e. The molecule has 1 aromatic carbocycles. The molecule has 1 amide bonds. The first-order valence-corrected chi connectivity index (χ1v) is 9.97. The highest BCUT2D eigenvalue weighted by atomic mass is 16.1. The molecule has 1 aliphatic rings. The van der Waals surface area contributed by atoms with Gasteiger partial charge >= 0.3 is 0 Å². The number of fused-ring (bicyclic) bond motifs is 1. The first-order chi connectivity index (χ1) is 14.0. The van der Waals surface area contributed by atoms with Gasteiger partial charge in [0, 0.05) is 30.5 Å². The van der Waals surface area contributed by atoms with Gasteiger partial charge in [0.05, 0.1) is 5.52 Å². The molecule has 6 N–H and O–H groups in total. The Labute approximate surface area is 168 Å². The van der Waals surface area contributed by atoms with Gasteiger partial charge in [0.1, 0.15) is 0 Å². The maximum absolute atomic E-state index is 11.8. The number of aromatic nitrogens is 4. The molecule has 1 fully saturated rings. The second-order valence-electron chi connectivity index (χ2n) is 7.40. The van der Waals surface area contributed by atoms with Gasteiger partial charge in [0.2, 0.25) is 5.95 Å². The number of carbonyl (C=O) groups is 1. The van der Waals surface area contributed by atoms with Crippen molar-refractivity contribution in [3.05, 3.63) is 36.2 Å².